The molecular weight excluding hydrogens is 1100 g/mol. The number of fused-ring (bicyclic) bond motifs is 2. The Balaban J connectivity index is 0.000000198. The van der Waals surface area contributed by atoms with Gasteiger partial charge in [-0.1, -0.05) is 70.1 Å². The van der Waals surface area contributed by atoms with E-state index in [0.29, 0.717) is 45.9 Å². The molecule has 18 heteroatoms. The number of rotatable bonds is 9. The largest absolute Gasteiger partial charge is 0.489 e. The third-order valence-electron chi connectivity index (χ3n) is 12.9. The summed E-state index contributed by atoms with van der Waals surface area (Å²) < 4.78 is 24.1. The number of likely N-dealkylation sites (N-methyl/N-ethyl adjacent to an activating group) is 2. The molecule has 0 aliphatic carbocycles. The molecule has 4 amide bonds. The minimum absolute atomic E-state index is 0.00483. The molecule has 16 nitrogen and oxygen atoms in total. The van der Waals surface area contributed by atoms with Crippen molar-refractivity contribution >= 4 is 62.5 Å². The summed E-state index contributed by atoms with van der Waals surface area (Å²) in [5.41, 5.74) is 2.09. The quantitative estimate of drug-likeness (QED) is 0.0924. The summed E-state index contributed by atoms with van der Waals surface area (Å²) in [4.78, 5) is 65.1. The topological polar surface area (TPSA) is 177 Å². The molecule has 4 aromatic carbocycles. The highest BCUT2D eigenvalue weighted by Gasteiger charge is 2.33. The SMILES string of the molecule is C#CC(C)(C)Cl.C1CCNC1.CN1C(=O)[C@@H](NC(=O)c2cc(Oc3ccccc3)ccn2)COc2ccc(Br)cc21.CN1C(=O)[C@@H](NC(=O)c2cc(Oc3ccccc3)ccn2)COc2ccc(C#CC(C)(C)N3CCCC3)cc21. The van der Waals surface area contributed by atoms with Crippen LogP contribution in [0.15, 0.2) is 138 Å². The van der Waals surface area contributed by atoms with E-state index < -0.39 is 28.8 Å². The van der Waals surface area contributed by atoms with Crippen LogP contribution in [0.1, 0.15) is 79.9 Å². The number of hydrogen-bond donors (Lipinski definition) is 3. The third-order valence-corrected chi connectivity index (χ3v) is 13.5. The van der Waals surface area contributed by atoms with Crippen LogP contribution in [0.3, 0.4) is 0 Å². The number of carbonyl (C=O) groups is 4. The fourth-order valence-corrected chi connectivity index (χ4v) is 8.72. The van der Waals surface area contributed by atoms with Crippen molar-refractivity contribution in [1.29, 1.82) is 0 Å². The van der Waals surface area contributed by atoms with Gasteiger partial charge in [0.25, 0.3) is 23.6 Å². The summed E-state index contributed by atoms with van der Waals surface area (Å²) in [5, 5.41) is 8.70. The van der Waals surface area contributed by atoms with E-state index in [4.69, 9.17) is 37.0 Å². The van der Waals surface area contributed by atoms with E-state index in [1.165, 1.54) is 73.1 Å². The van der Waals surface area contributed by atoms with Crippen LogP contribution < -0.4 is 44.7 Å². The van der Waals surface area contributed by atoms with Crippen molar-refractivity contribution in [2.75, 3.05) is 63.3 Å². The number of halogens is 2. The molecule has 0 bridgehead atoms. The molecule has 3 N–H and O–H groups in total. The number of carbonyl (C=O) groups excluding carboxylic acids is 4. The number of para-hydroxylation sites is 2. The molecule has 6 heterocycles. The Kier molecular flexibility index (Phi) is 21.1. The summed E-state index contributed by atoms with van der Waals surface area (Å²) in [7, 11) is 3.32. The summed E-state index contributed by atoms with van der Waals surface area (Å²) in [6, 6.07) is 34.1. The maximum atomic E-state index is 13.3. The zero-order valence-electron chi connectivity index (χ0n) is 45.8. The first-order chi connectivity index (χ1) is 38.4. The third kappa shape index (κ3) is 17.3. The average Bonchev–Trinajstić information content (AvgIpc) is 4.26. The highest BCUT2D eigenvalue weighted by atomic mass is 79.9. The minimum atomic E-state index is -0.890. The maximum Gasteiger partial charge on any atom is 0.270 e. The molecule has 2 atom stereocenters. The lowest BCUT2D eigenvalue weighted by Crippen LogP contribution is -2.49. The van der Waals surface area contributed by atoms with Crippen molar-refractivity contribution < 1.29 is 38.1 Å². The molecule has 2 aromatic heterocycles. The number of aromatic nitrogens is 2. The van der Waals surface area contributed by atoms with Gasteiger partial charge in [0, 0.05) is 48.7 Å². The molecule has 4 aliphatic heterocycles. The van der Waals surface area contributed by atoms with Crippen LogP contribution >= 0.6 is 27.5 Å². The van der Waals surface area contributed by atoms with Crippen LogP contribution in [0.2, 0.25) is 0 Å². The van der Waals surface area contributed by atoms with Gasteiger partial charge in [-0.3, -0.25) is 34.0 Å². The minimum Gasteiger partial charge on any atom is -0.489 e. The number of nitrogens with one attached hydrogen (secondary N) is 3. The standard InChI is InChI=1S/C31H32N4O4.C22H18BrN3O4.C5H7Cl.C4H9N/c1-31(2,35-17-7-8-18-35)15-13-22-11-12-28-27(19-22)34(3)30(37)26(21-38-28)33-29(36)25-20-24(14-16-32-25)39-23-9-5-4-6-10-23;1-26-19-11-14(23)7-8-20(19)29-13-18(22(26)28)25-21(27)17-12-16(9-10-24-17)30-15-5-3-2-4-6-15;1-4-5(2,3)6;1-2-4-5-3-1/h4-6,9-12,14,16,19-20,26H,7-8,17-18,21H2,1-3H3,(H,33,36);2-12,18H,13H2,1H3,(H,25,27);1H,2-3H3;5H,1-4H2/t26-;18-;;/m00../s1. The second kappa shape index (κ2) is 28.3. The fraction of sp³-hybridized carbons (Fsp3) is 0.323. The number of amides is 4. The van der Waals surface area contributed by atoms with Gasteiger partial charge in [-0.2, -0.15) is 0 Å². The number of alkyl halides is 1. The Hall–Kier alpha value is -7.93. The van der Waals surface area contributed by atoms with E-state index in [2.05, 4.69) is 78.4 Å². The summed E-state index contributed by atoms with van der Waals surface area (Å²) in [6.07, 6.45) is 13.1. The van der Waals surface area contributed by atoms with Crippen LogP contribution in [0, 0.1) is 24.2 Å². The zero-order chi connectivity index (χ0) is 57.2. The monoisotopic (exact) mass is 1160 g/mol. The van der Waals surface area contributed by atoms with Gasteiger partial charge < -0.3 is 44.7 Å². The zero-order valence-corrected chi connectivity index (χ0v) is 48.1. The maximum absolute atomic E-state index is 13.3. The summed E-state index contributed by atoms with van der Waals surface area (Å²) in [5.74, 6) is 10.9. The lowest BCUT2D eigenvalue weighted by atomic mass is 10.0. The smallest absolute Gasteiger partial charge is 0.270 e. The van der Waals surface area contributed by atoms with Gasteiger partial charge in [0.05, 0.1) is 21.8 Å². The van der Waals surface area contributed by atoms with Crippen molar-refractivity contribution in [2.24, 2.45) is 0 Å². The molecule has 0 radical (unpaired) electrons. The summed E-state index contributed by atoms with van der Waals surface area (Å²) >= 11 is 8.88. The Morgan fingerprint density at radius 2 is 1.14 bits per heavy atom. The molecule has 2 saturated heterocycles. The first-order valence-electron chi connectivity index (χ1n) is 26.3. The lowest BCUT2D eigenvalue weighted by molar-refractivity contribution is -0.121. The average molecular weight is 1170 g/mol. The van der Waals surface area contributed by atoms with E-state index in [9.17, 15) is 19.2 Å². The second-order valence-electron chi connectivity index (χ2n) is 19.9. The Morgan fingerprint density at radius 1 is 0.675 bits per heavy atom. The van der Waals surface area contributed by atoms with Crippen molar-refractivity contribution in [2.45, 2.75) is 75.9 Å². The van der Waals surface area contributed by atoms with Crippen molar-refractivity contribution in [1.82, 2.24) is 30.8 Å². The van der Waals surface area contributed by atoms with E-state index in [-0.39, 0.29) is 42.0 Å². The molecule has 0 unspecified atom stereocenters. The predicted octanol–water partition coefficient (Wildman–Crippen LogP) is 10.1. The first kappa shape index (κ1) is 59.7. The molecule has 80 heavy (non-hydrogen) atoms. The van der Waals surface area contributed by atoms with Gasteiger partial charge in [-0.15, -0.1) is 18.0 Å². The lowest BCUT2D eigenvalue weighted by Gasteiger charge is -2.30. The Bertz CT molecular complexity index is 3200. The molecule has 6 aromatic rings. The molecule has 4 aliphatic rings. The molecular formula is C62H66BrClN8O8. The van der Waals surface area contributed by atoms with Gasteiger partial charge in [0.2, 0.25) is 0 Å². The number of anilines is 2. The summed E-state index contributed by atoms with van der Waals surface area (Å²) in [6.45, 7) is 12.5. The highest BCUT2D eigenvalue weighted by molar-refractivity contribution is 9.10. The Morgan fingerprint density at radius 3 is 1.59 bits per heavy atom. The van der Waals surface area contributed by atoms with Crippen LogP contribution in [0.25, 0.3) is 0 Å². The molecule has 10 rings (SSSR count). The van der Waals surface area contributed by atoms with E-state index in [1.54, 1.807) is 52.2 Å². The van der Waals surface area contributed by atoms with Gasteiger partial charge in [0.15, 0.2) is 0 Å². The van der Waals surface area contributed by atoms with Crippen LogP contribution in [-0.2, 0) is 9.59 Å². The number of benzene rings is 4. The van der Waals surface area contributed by atoms with Gasteiger partial charge in [-0.25, -0.2) is 0 Å². The van der Waals surface area contributed by atoms with Gasteiger partial charge >= 0.3 is 0 Å². The van der Waals surface area contributed by atoms with E-state index in [0.717, 1.165) is 23.1 Å². The number of hydrogen-bond acceptors (Lipinski definition) is 12. The van der Waals surface area contributed by atoms with Crippen molar-refractivity contribution in [3.63, 3.8) is 0 Å². The number of nitrogens with zero attached hydrogens (tertiary/aromatic N) is 5. The van der Waals surface area contributed by atoms with Crippen LogP contribution in [-0.4, -0.2) is 114 Å². The molecule has 416 valence electrons. The Labute approximate surface area is 482 Å². The van der Waals surface area contributed by atoms with Crippen molar-refractivity contribution in [3.8, 4) is 58.7 Å². The van der Waals surface area contributed by atoms with Crippen LogP contribution in [0.4, 0.5) is 11.4 Å². The number of ether oxygens (including phenoxy) is 4. The normalized spacial score (nSPS) is 16.6. The highest BCUT2D eigenvalue weighted by Crippen LogP contribution is 2.34. The van der Waals surface area contributed by atoms with E-state index >= 15 is 0 Å². The van der Waals surface area contributed by atoms with Gasteiger partial charge in [-0.05, 0) is 152 Å². The predicted molar refractivity (Wildman–Crippen MR) is 315 cm³/mol. The molecule has 2 fully saturated rings. The van der Waals surface area contributed by atoms with E-state index in [1.807, 2.05) is 84.9 Å². The number of pyridine rings is 2. The molecule has 0 spiro atoms. The number of likely N-dealkylation sites (tertiary alicyclic amines) is 1. The first-order valence-corrected chi connectivity index (χ1v) is 27.4. The number of terminal acetylenes is 1. The fourth-order valence-electron chi connectivity index (χ4n) is 8.37. The molecule has 0 saturated carbocycles. The van der Waals surface area contributed by atoms with Crippen molar-refractivity contribution in [3.05, 3.63) is 155 Å². The second-order valence-corrected chi connectivity index (χ2v) is 21.8. The van der Waals surface area contributed by atoms with Crippen LogP contribution in [0.5, 0.6) is 34.5 Å². The van der Waals surface area contributed by atoms with Gasteiger partial charge in [0.1, 0.15) is 71.2 Å².